The number of hydrogen-bond donors (Lipinski definition) is 1. The van der Waals surface area contributed by atoms with Crippen molar-refractivity contribution in [2.24, 2.45) is 5.41 Å². The normalized spacial score (nSPS) is 21.6. The van der Waals surface area contributed by atoms with E-state index in [0.717, 1.165) is 31.7 Å². The molecule has 26 heavy (non-hydrogen) atoms. The summed E-state index contributed by atoms with van der Waals surface area (Å²) >= 11 is 0. The van der Waals surface area contributed by atoms with Gasteiger partial charge in [0.2, 0.25) is 5.91 Å². The van der Waals surface area contributed by atoms with Crippen LogP contribution >= 0.6 is 0 Å². The van der Waals surface area contributed by atoms with Crippen LogP contribution in [-0.4, -0.2) is 32.0 Å². The van der Waals surface area contributed by atoms with Crippen LogP contribution in [0.3, 0.4) is 0 Å². The van der Waals surface area contributed by atoms with E-state index in [4.69, 9.17) is 14.2 Å². The Morgan fingerprint density at radius 2 is 1.81 bits per heavy atom. The van der Waals surface area contributed by atoms with Crippen molar-refractivity contribution in [3.8, 4) is 5.75 Å². The molecular formula is C18H22F3NO4. The molecule has 3 rings (SSSR count). The lowest BCUT2D eigenvalue weighted by molar-refractivity contribution is -0.291. The maximum Gasteiger partial charge on any atom is 0.420 e. The Morgan fingerprint density at radius 1 is 1.19 bits per heavy atom. The zero-order chi connectivity index (χ0) is 19.0. The van der Waals surface area contributed by atoms with Gasteiger partial charge in [0.15, 0.2) is 5.79 Å². The minimum Gasteiger partial charge on any atom is -0.496 e. The third-order valence-electron chi connectivity index (χ3n) is 4.98. The summed E-state index contributed by atoms with van der Waals surface area (Å²) < 4.78 is 55.8. The van der Waals surface area contributed by atoms with Crippen LogP contribution in [-0.2, 0) is 20.4 Å². The Kier molecular flexibility index (Phi) is 4.92. The van der Waals surface area contributed by atoms with E-state index in [2.05, 4.69) is 5.32 Å². The summed E-state index contributed by atoms with van der Waals surface area (Å²) in [6.07, 6.45) is -0.928. The first kappa shape index (κ1) is 19.0. The van der Waals surface area contributed by atoms with Crippen molar-refractivity contribution >= 4 is 11.6 Å². The standard InChI is InChI=1S/C18H22F3NO4/c1-16(10-25-17(26-11-16)7-3-4-8-17)15(23)22-12-5-6-14(24-2)13(9-12)18(19,20)21/h5-6,9H,3-4,7-8,10-11H2,1-2H3,(H,22,23). The van der Waals surface area contributed by atoms with E-state index in [9.17, 15) is 18.0 Å². The predicted molar refractivity (Wildman–Crippen MR) is 87.8 cm³/mol. The van der Waals surface area contributed by atoms with Crippen LogP contribution < -0.4 is 10.1 Å². The van der Waals surface area contributed by atoms with Crippen LogP contribution in [0.4, 0.5) is 18.9 Å². The second-order valence-electron chi connectivity index (χ2n) is 7.12. The Balaban J connectivity index is 1.72. The fourth-order valence-electron chi connectivity index (χ4n) is 3.29. The molecule has 1 spiro atoms. The Bertz CT molecular complexity index is 674. The largest absolute Gasteiger partial charge is 0.496 e. The number of carbonyl (C=O) groups is 1. The number of amides is 1. The summed E-state index contributed by atoms with van der Waals surface area (Å²) in [6.45, 7) is 2.01. The van der Waals surface area contributed by atoms with Crippen LogP contribution in [0.1, 0.15) is 38.2 Å². The van der Waals surface area contributed by atoms with Crippen molar-refractivity contribution in [3.63, 3.8) is 0 Å². The third kappa shape index (κ3) is 3.66. The molecule has 1 saturated carbocycles. The molecule has 1 heterocycles. The summed E-state index contributed by atoms with van der Waals surface area (Å²) in [5.41, 5.74) is -1.86. The molecule has 144 valence electrons. The van der Waals surface area contributed by atoms with Gasteiger partial charge in [-0.25, -0.2) is 0 Å². The van der Waals surface area contributed by atoms with Crippen LogP contribution in [0.2, 0.25) is 0 Å². The molecule has 1 N–H and O–H groups in total. The van der Waals surface area contributed by atoms with E-state index < -0.39 is 28.8 Å². The Morgan fingerprint density at radius 3 is 2.35 bits per heavy atom. The summed E-state index contributed by atoms with van der Waals surface area (Å²) in [6, 6.07) is 3.42. The monoisotopic (exact) mass is 373 g/mol. The highest BCUT2D eigenvalue weighted by Crippen LogP contribution is 2.41. The van der Waals surface area contributed by atoms with E-state index in [1.165, 1.54) is 19.2 Å². The van der Waals surface area contributed by atoms with Gasteiger partial charge >= 0.3 is 6.18 Å². The van der Waals surface area contributed by atoms with Gasteiger partial charge in [-0.2, -0.15) is 13.2 Å². The number of anilines is 1. The van der Waals surface area contributed by atoms with E-state index in [-0.39, 0.29) is 24.7 Å². The molecule has 0 unspecified atom stereocenters. The molecule has 2 aliphatic rings. The average molecular weight is 373 g/mol. The molecule has 0 radical (unpaired) electrons. The van der Waals surface area contributed by atoms with Crippen molar-refractivity contribution in [3.05, 3.63) is 23.8 Å². The molecule has 2 fully saturated rings. The predicted octanol–water partition coefficient (Wildman–Crippen LogP) is 3.98. The van der Waals surface area contributed by atoms with Crippen molar-refractivity contribution in [1.82, 2.24) is 0 Å². The third-order valence-corrected chi connectivity index (χ3v) is 4.98. The van der Waals surface area contributed by atoms with Crippen molar-refractivity contribution in [2.45, 2.75) is 44.6 Å². The second kappa shape index (κ2) is 6.74. The number of nitrogens with one attached hydrogen (secondary N) is 1. The van der Waals surface area contributed by atoms with Crippen LogP contribution in [0.5, 0.6) is 5.75 Å². The summed E-state index contributed by atoms with van der Waals surface area (Å²) in [5.74, 6) is -1.33. The van der Waals surface area contributed by atoms with E-state index >= 15 is 0 Å². The number of ether oxygens (including phenoxy) is 3. The maximum atomic E-state index is 13.1. The zero-order valence-corrected chi connectivity index (χ0v) is 14.7. The summed E-state index contributed by atoms with van der Waals surface area (Å²) in [7, 11) is 1.17. The molecule has 0 aromatic heterocycles. The number of hydrogen-bond acceptors (Lipinski definition) is 4. The number of carbonyl (C=O) groups excluding carboxylic acids is 1. The van der Waals surface area contributed by atoms with E-state index in [0.29, 0.717) is 0 Å². The van der Waals surface area contributed by atoms with Crippen LogP contribution in [0, 0.1) is 5.41 Å². The molecular weight excluding hydrogens is 351 g/mol. The summed E-state index contributed by atoms with van der Waals surface area (Å²) in [4.78, 5) is 12.6. The van der Waals surface area contributed by atoms with Gasteiger partial charge in [0.1, 0.15) is 5.75 Å². The quantitative estimate of drug-likeness (QED) is 0.871. The Hall–Kier alpha value is -1.80. The van der Waals surface area contributed by atoms with Crippen LogP contribution in [0.25, 0.3) is 0 Å². The van der Waals surface area contributed by atoms with Gasteiger partial charge in [0, 0.05) is 18.5 Å². The maximum absolute atomic E-state index is 13.1. The smallest absolute Gasteiger partial charge is 0.420 e. The van der Waals surface area contributed by atoms with E-state index in [1.54, 1.807) is 6.92 Å². The van der Waals surface area contributed by atoms with Crippen molar-refractivity contribution < 1.29 is 32.2 Å². The fourth-order valence-corrected chi connectivity index (χ4v) is 3.29. The highest BCUT2D eigenvalue weighted by atomic mass is 19.4. The highest BCUT2D eigenvalue weighted by Gasteiger charge is 2.47. The first-order valence-corrected chi connectivity index (χ1v) is 8.52. The molecule has 1 saturated heterocycles. The first-order valence-electron chi connectivity index (χ1n) is 8.52. The number of benzene rings is 1. The van der Waals surface area contributed by atoms with Gasteiger partial charge in [-0.3, -0.25) is 4.79 Å². The minimum absolute atomic E-state index is 0.0468. The van der Waals surface area contributed by atoms with E-state index in [1.807, 2.05) is 0 Å². The molecule has 1 amide bonds. The molecule has 0 bridgehead atoms. The molecule has 1 aromatic carbocycles. The lowest BCUT2D eigenvalue weighted by Crippen LogP contribution is -2.52. The van der Waals surface area contributed by atoms with Gasteiger partial charge < -0.3 is 19.5 Å². The Labute approximate surface area is 149 Å². The van der Waals surface area contributed by atoms with Crippen molar-refractivity contribution in [1.29, 1.82) is 0 Å². The molecule has 5 nitrogen and oxygen atoms in total. The minimum atomic E-state index is -4.58. The van der Waals surface area contributed by atoms with Gasteiger partial charge in [-0.1, -0.05) is 0 Å². The lowest BCUT2D eigenvalue weighted by atomic mass is 9.90. The number of rotatable bonds is 3. The molecule has 8 heteroatoms. The molecule has 0 atom stereocenters. The van der Waals surface area contributed by atoms with Crippen molar-refractivity contribution in [2.75, 3.05) is 25.6 Å². The highest BCUT2D eigenvalue weighted by molar-refractivity contribution is 5.95. The number of halogens is 3. The van der Waals surface area contributed by atoms with Gasteiger partial charge in [0.25, 0.3) is 0 Å². The number of alkyl halides is 3. The van der Waals surface area contributed by atoms with Crippen LogP contribution in [0.15, 0.2) is 18.2 Å². The zero-order valence-electron chi connectivity index (χ0n) is 14.7. The van der Waals surface area contributed by atoms with Gasteiger partial charge in [0.05, 0.1) is 31.3 Å². The average Bonchev–Trinajstić information content (AvgIpc) is 3.06. The fraction of sp³-hybridized carbons (Fsp3) is 0.611. The number of methoxy groups -OCH3 is 1. The van der Waals surface area contributed by atoms with Gasteiger partial charge in [-0.05, 0) is 38.0 Å². The molecule has 1 aliphatic heterocycles. The van der Waals surface area contributed by atoms with Gasteiger partial charge in [-0.15, -0.1) is 0 Å². The first-order chi connectivity index (χ1) is 12.2. The lowest BCUT2D eigenvalue weighted by Gasteiger charge is -2.42. The summed E-state index contributed by atoms with van der Waals surface area (Å²) in [5, 5.41) is 2.54. The molecule has 1 aromatic rings. The second-order valence-corrected chi connectivity index (χ2v) is 7.12. The topological polar surface area (TPSA) is 56.8 Å². The molecule has 1 aliphatic carbocycles. The SMILES string of the molecule is COc1ccc(NC(=O)C2(C)COC3(CCCC3)OC2)cc1C(F)(F)F.